The van der Waals surface area contributed by atoms with Gasteiger partial charge < -0.3 is 18.7 Å². The molecule has 8 nitrogen and oxygen atoms in total. The lowest BCUT2D eigenvalue weighted by Gasteiger charge is -2.07. The Labute approximate surface area is 181 Å². The summed E-state index contributed by atoms with van der Waals surface area (Å²) in [6, 6.07) is 16.6. The number of pyridine rings is 1. The number of ether oxygens (including phenoxy) is 1. The molecule has 0 spiro atoms. The second kappa shape index (κ2) is 8.35. The number of aromatic nitrogens is 3. The van der Waals surface area contributed by atoms with Gasteiger partial charge in [0.25, 0.3) is 0 Å². The summed E-state index contributed by atoms with van der Waals surface area (Å²) in [5.74, 6) is 1.96. The van der Waals surface area contributed by atoms with Gasteiger partial charge in [-0.25, -0.2) is 0 Å². The lowest BCUT2D eigenvalue weighted by Crippen LogP contribution is -2.03. The Bertz CT molecular complexity index is 1430. The molecule has 0 saturated heterocycles. The normalized spacial score (nSPS) is 11.0. The highest BCUT2D eigenvalue weighted by molar-refractivity contribution is 5.80. The minimum absolute atomic E-state index is 0.140. The maximum Gasteiger partial charge on any atom is 0.249 e. The summed E-state index contributed by atoms with van der Waals surface area (Å²) in [5, 5.41) is 18.0. The van der Waals surface area contributed by atoms with Crippen molar-refractivity contribution in [3.63, 3.8) is 0 Å². The van der Waals surface area contributed by atoms with Crippen LogP contribution in [-0.4, -0.2) is 26.9 Å². The van der Waals surface area contributed by atoms with Gasteiger partial charge in [-0.3, -0.25) is 9.78 Å². The van der Waals surface area contributed by atoms with Crippen LogP contribution in [0.4, 0.5) is 0 Å². The molecule has 158 valence electrons. The fourth-order valence-corrected chi connectivity index (χ4v) is 3.21. The third kappa shape index (κ3) is 4.06. The SMILES string of the molecule is O=c1cc(-c2ccc(O)cc2)oc2cc(OCCc3nnc(-c4cccnc4)o3)ccc12. The zero-order valence-corrected chi connectivity index (χ0v) is 16.8. The van der Waals surface area contributed by atoms with Crippen LogP contribution in [0.15, 0.2) is 86.7 Å². The van der Waals surface area contributed by atoms with Gasteiger partial charge in [0.2, 0.25) is 11.8 Å². The molecule has 0 saturated carbocycles. The van der Waals surface area contributed by atoms with E-state index in [1.54, 1.807) is 48.8 Å². The van der Waals surface area contributed by atoms with Gasteiger partial charge in [-0.05, 0) is 48.5 Å². The van der Waals surface area contributed by atoms with Crippen LogP contribution in [0.2, 0.25) is 0 Å². The molecule has 0 aliphatic carbocycles. The predicted molar refractivity (Wildman–Crippen MR) is 116 cm³/mol. The predicted octanol–water partition coefficient (Wildman–Crippen LogP) is 4.23. The number of aromatic hydroxyl groups is 1. The van der Waals surface area contributed by atoms with Crippen LogP contribution < -0.4 is 10.2 Å². The van der Waals surface area contributed by atoms with Crippen molar-refractivity contribution in [2.75, 3.05) is 6.61 Å². The first-order valence-electron chi connectivity index (χ1n) is 9.88. The number of nitrogens with zero attached hydrogens (tertiary/aromatic N) is 3. The number of phenols is 1. The average Bonchev–Trinajstić information content (AvgIpc) is 3.29. The Morgan fingerprint density at radius 3 is 2.62 bits per heavy atom. The summed E-state index contributed by atoms with van der Waals surface area (Å²) < 4.78 is 17.4. The highest BCUT2D eigenvalue weighted by Gasteiger charge is 2.11. The van der Waals surface area contributed by atoms with E-state index in [0.29, 0.717) is 52.9 Å². The zero-order chi connectivity index (χ0) is 21.9. The van der Waals surface area contributed by atoms with E-state index in [9.17, 15) is 9.90 Å². The molecular weight excluding hydrogens is 410 g/mol. The molecule has 0 unspecified atom stereocenters. The van der Waals surface area contributed by atoms with Gasteiger partial charge >= 0.3 is 0 Å². The van der Waals surface area contributed by atoms with E-state index in [1.807, 2.05) is 6.07 Å². The number of fused-ring (bicyclic) bond motifs is 1. The van der Waals surface area contributed by atoms with Crippen LogP contribution in [0.5, 0.6) is 11.5 Å². The van der Waals surface area contributed by atoms with Crippen molar-refractivity contribution < 1.29 is 18.7 Å². The molecule has 0 radical (unpaired) electrons. The van der Waals surface area contributed by atoms with Crippen LogP contribution >= 0.6 is 0 Å². The first-order valence-corrected chi connectivity index (χ1v) is 9.88. The Morgan fingerprint density at radius 1 is 0.938 bits per heavy atom. The molecule has 3 heterocycles. The van der Waals surface area contributed by atoms with Crippen LogP contribution in [0.1, 0.15) is 5.89 Å². The van der Waals surface area contributed by atoms with Crippen molar-refractivity contribution in [2.45, 2.75) is 6.42 Å². The molecule has 1 N–H and O–H groups in total. The number of benzene rings is 2. The van der Waals surface area contributed by atoms with Gasteiger partial charge in [0, 0.05) is 30.1 Å². The summed E-state index contributed by atoms with van der Waals surface area (Å²) in [6.45, 7) is 0.308. The standard InChI is InChI=1S/C24H17N3O5/c28-17-5-3-15(4-6-17)21-13-20(29)19-8-7-18(12-22(19)31-21)30-11-9-23-26-27-24(32-23)16-2-1-10-25-14-16/h1-8,10,12-14,28H,9,11H2. The Hall–Kier alpha value is -4.46. The smallest absolute Gasteiger partial charge is 0.249 e. The van der Waals surface area contributed by atoms with E-state index in [2.05, 4.69) is 15.2 Å². The minimum atomic E-state index is -0.158. The zero-order valence-electron chi connectivity index (χ0n) is 16.8. The fraction of sp³-hybridized carbons (Fsp3) is 0.0833. The Balaban J connectivity index is 1.31. The molecule has 0 bridgehead atoms. The monoisotopic (exact) mass is 427 g/mol. The Morgan fingerprint density at radius 2 is 1.81 bits per heavy atom. The topological polar surface area (TPSA) is 111 Å². The van der Waals surface area contributed by atoms with Gasteiger partial charge in [-0.15, -0.1) is 10.2 Å². The highest BCUT2D eigenvalue weighted by atomic mass is 16.5. The minimum Gasteiger partial charge on any atom is -0.508 e. The largest absolute Gasteiger partial charge is 0.508 e. The molecule has 8 heteroatoms. The number of rotatable bonds is 6. The van der Waals surface area contributed by atoms with Gasteiger partial charge in [0.15, 0.2) is 5.43 Å². The lowest BCUT2D eigenvalue weighted by atomic mass is 10.1. The van der Waals surface area contributed by atoms with Gasteiger partial charge in [-0.2, -0.15) is 0 Å². The maximum atomic E-state index is 12.5. The van der Waals surface area contributed by atoms with Gasteiger partial charge in [0.1, 0.15) is 22.8 Å². The van der Waals surface area contributed by atoms with Gasteiger partial charge in [-0.1, -0.05) is 0 Å². The van der Waals surface area contributed by atoms with E-state index in [-0.39, 0.29) is 11.2 Å². The molecule has 0 atom stereocenters. The lowest BCUT2D eigenvalue weighted by molar-refractivity contribution is 0.307. The van der Waals surface area contributed by atoms with E-state index in [4.69, 9.17) is 13.6 Å². The summed E-state index contributed by atoms with van der Waals surface area (Å²) in [6.07, 6.45) is 3.75. The average molecular weight is 427 g/mol. The van der Waals surface area contributed by atoms with Crippen LogP contribution in [0.25, 0.3) is 33.7 Å². The van der Waals surface area contributed by atoms with Crippen LogP contribution in [0, 0.1) is 0 Å². The summed E-state index contributed by atoms with van der Waals surface area (Å²) in [7, 11) is 0. The van der Waals surface area contributed by atoms with E-state index in [0.717, 1.165) is 5.56 Å². The van der Waals surface area contributed by atoms with Crippen molar-refractivity contribution in [2.24, 2.45) is 0 Å². The fourth-order valence-electron chi connectivity index (χ4n) is 3.21. The highest BCUT2D eigenvalue weighted by Crippen LogP contribution is 2.26. The van der Waals surface area contributed by atoms with E-state index >= 15 is 0 Å². The number of hydrogen-bond acceptors (Lipinski definition) is 8. The third-order valence-electron chi connectivity index (χ3n) is 4.81. The maximum absolute atomic E-state index is 12.5. The molecule has 0 aliphatic heterocycles. The van der Waals surface area contributed by atoms with Crippen molar-refractivity contribution in [3.05, 3.63) is 89.2 Å². The van der Waals surface area contributed by atoms with E-state index < -0.39 is 0 Å². The molecule has 2 aromatic carbocycles. The molecule has 5 rings (SSSR count). The molecular formula is C24H17N3O5. The third-order valence-corrected chi connectivity index (χ3v) is 4.81. The molecule has 3 aromatic heterocycles. The molecule has 0 aliphatic rings. The first kappa shape index (κ1) is 19.5. The summed E-state index contributed by atoms with van der Waals surface area (Å²) in [5.41, 5.74) is 1.69. The van der Waals surface area contributed by atoms with Gasteiger partial charge in [0.05, 0.1) is 24.0 Å². The van der Waals surface area contributed by atoms with Crippen molar-refractivity contribution in [3.8, 4) is 34.3 Å². The summed E-state index contributed by atoms with van der Waals surface area (Å²) in [4.78, 5) is 16.5. The number of hydrogen-bond donors (Lipinski definition) is 1. The number of phenolic OH excluding ortho intramolecular Hbond substituents is 1. The van der Waals surface area contributed by atoms with E-state index in [1.165, 1.54) is 18.2 Å². The molecule has 32 heavy (non-hydrogen) atoms. The van der Waals surface area contributed by atoms with Crippen LogP contribution in [-0.2, 0) is 6.42 Å². The Kier molecular flexibility index (Phi) is 5.09. The molecule has 5 aromatic rings. The van der Waals surface area contributed by atoms with Crippen molar-refractivity contribution >= 4 is 11.0 Å². The second-order valence-electron chi connectivity index (χ2n) is 7.02. The quantitative estimate of drug-likeness (QED) is 0.428. The second-order valence-corrected chi connectivity index (χ2v) is 7.02. The van der Waals surface area contributed by atoms with Crippen LogP contribution in [0.3, 0.4) is 0 Å². The van der Waals surface area contributed by atoms with Crippen molar-refractivity contribution in [1.29, 1.82) is 0 Å². The van der Waals surface area contributed by atoms with Crippen molar-refractivity contribution in [1.82, 2.24) is 15.2 Å². The molecule has 0 amide bonds. The summed E-state index contributed by atoms with van der Waals surface area (Å²) >= 11 is 0. The molecule has 0 fully saturated rings. The first-order chi connectivity index (χ1) is 15.7.